The molecule has 0 aromatic carbocycles. The van der Waals surface area contributed by atoms with Crippen molar-refractivity contribution in [3.05, 3.63) is 109 Å². The second-order valence-corrected chi connectivity index (χ2v) is 20.9. The number of phosphoric ester groups is 1. The Morgan fingerprint density at radius 3 is 1.29 bits per heavy atom. The number of nitrogens with zero attached hydrogens (tertiary/aromatic N) is 1. The highest BCUT2D eigenvalue weighted by molar-refractivity contribution is 7.45. The minimum atomic E-state index is -4.60. The summed E-state index contributed by atoms with van der Waals surface area (Å²) in [5.41, 5.74) is 0. The molecular formula is C60H105N2O6P. The van der Waals surface area contributed by atoms with Crippen LogP contribution in [0.15, 0.2) is 109 Å². The normalized spacial score (nSPS) is 14.8. The fraction of sp³-hybridized carbons (Fsp3) is 0.683. The number of quaternary nitrogens is 1. The Balaban J connectivity index is 3.96. The fourth-order valence-corrected chi connectivity index (χ4v) is 8.15. The first kappa shape index (κ1) is 66.2. The van der Waals surface area contributed by atoms with Crippen molar-refractivity contribution in [2.45, 2.75) is 225 Å². The van der Waals surface area contributed by atoms with E-state index in [0.717, 1.165) is 89.9 Å². The van der Waals surface area contributed by atoms with Crippen LogP contribution in [-0.2, 0) is 18.4 Å². The number of rotatable bonds is 49. The van der Waals surface area contributed by atoms with Crippen molar-refractivity contribution in [3.63, 3.8) is 0 Å². The third-order valence-electron chi connectivity index (χ3n) is 11.7. The zero-order valence-electron chi connectivity index (χ0n) is 45.0. The number of amides is 1. The zero-order chi connectivity index (χ0) is 50.6. The van der Waals surface area contributed by atoms with Gasteiger partial charge in [0.05, 0.1) is 39.9 Å². The van der Waals surface area contributed by atoms with Gasteiger partial charge in [-0.1, -0.05) is 226 Å². The summed E-state index contributed by atoms with van der Waals surface area (Å²) in [5.74, 6) is -0.216. The average molecular weight is 981 g/mol. The molecule has 0 aliphatic rings. The molecular weight excluding hydrogens is 876 g/mol. The van der Waals surface area contributed by atoms with Crippen LogP contribution in [-0.4, -0.2) is 68.5 Å². The van der Waals surface area contributed by atoms with Gasteiger partial charge >= 0.3 is 0 Å². The van der Waals surface area contributed by atoms with Crippen LogP contribution in [0.2, 0.25) is 0 Å². The van der Waals surface area contributed by atoms with Crippen LogP contribution < -0.4 is 10.2 Å². The van der Waals surface area contributed by atoms with E-state index < -0.39 is 26.6 Å². The van der Waals surface area contributed by atoms with E-state index in [-0.39, 0.29) is 12.5 Å². The van der Waals surface area contributed by atoms with E-state index in [1.807, 2.05) is 27.2 Å². The van der Waals surface area contributed by atoms with E-state index >= 15 is 0 Å². The van der Waals surface area contributed by atoms with Gasteiger partial charge in [-0.3, -0.25) is 9.36 Å². The zero-order valence-corrected chi connectivity index (χ0v) is 45.9. The van der Waals surface area contributed by atoms with Crippen molar-refractivity contribution in [1.82, 2.24) is 5.32 Å². The van der Waals surface area contributed by atoms with Gasteiger partial charge in [0.15, 0.2) is 0 Å². The lowest BCUT2D eigenvalue weighted by Crippen LogP contribution is -2.45. The highest BCUT2D eigenvalue weighted by Gasteiger charge is 2.23. The van der Waals surface area contributed by atoms with Crippen molar-refractivity contribution >= 4 is 13.7 Å². The van der Waals surface area contributed by atoms with Crippen LogP contribution in [0.1, 0.15) is 213 Å². The maximum atomic E-state index is 12.9. The fourth-order valence-electron chi connectivity index (χ4n) is 7.43. The van der Waals surface area contributed by atoms with Crippen molar-refractivity contribution in [3.8, 4) is 0 Å². The van der Waals surface area contributed by atoms with Crippen LogP contribution in [0.5, 0.6) is 0 Å². The first-order valence-electron chi connectivity index (χ1n) is 27.7. The Kier molecular flexibility index (Phi) is 48.1. The average Bonchev–Trinajstić information content (AvgIpc) is 3.31. The highest BCUT2D eigenvalue weighted by atomic mass is 31.2. The number of carbonyl (C=O) groups is 1. The Morgan fingerprint density at radius 1 is 0.507 bits per heavy atom. The first-order valence-corrected chi connectivity index (χ1v) is 29.2. The Labute approximate surface area is 425 Å². The van der Waals surface area contributed by atoms with E-state index in [2.05, 4.69) is 116 Å². The van der Waals surface area contributed by atoms with Gasteiger partial charge in [0, 0.05) is 6.42 Å². The molecule has 396 valence electrons. The topological polar surface area (TPSA) is 108 Å². The van der Waals surface area contributed by atoms with Crippen molar-refractivity contribution in [2.24, 2.45) is 0 Å². The molecule has 0 spiro atoms. The molecule has 9 heteroatoms. The number of carbonyl (C=O) groups excluding carboxylic acids is 1. The maximum Gasteiger partial charge on any atom is 0.268 e. The molecule has 0 radical (unpaired) electrons. The molecule has 0 aromatic heterocycles. The van der Waals surface area contributed by atoms with Crippen LogP contribution in [0.3, 0.4) is 0 Å². The lowest BCUT2D eigenvalue weighted by Gasteiger charge is -2.29. The molecule has 0 fully saturated rings. The molecule has 0 aliphatic carbocycles. The quantitative estimate of drug-likeness (QED) is 0.0272. The SMILES string of the molecule is CC/C=C\C/C=C\C/C=C\C/C=C\C/C=C\C/C=C\CCCCCCCCCCCCCCCCCCCCC(=O)NC(COP(=O)([O-])OCC[N+](C)(C)C)C(O)/C=C/CC/C=C/CC/C=C/CC. The third-order valence-corrected chi connectivity index (χ3v) is 12.7. The predicted octanol–water partition coefficient (Wildman–Crippen LogP) is 16.2. The van der Waals surface area contributed by atoms with Crippen molar-refractivity contribution in [1.29, 1.82) is 0 Å². The monoisotopic (exact) mass is 981 g/mol. The van der Waals surface area contributed by atoms with Crippen LogP contribution in [0.4, 0.5) is 0 Å². The van der Waals surface area contributed by atoms with Gasteiger partial charge in [-0.05, 0) is 89.9 Å². The van der Waals surface area contributed by atoms with Gasteiger partial charge in [-0.2, -0.15) is 0 Å². The van der Waals surface area contributed by atoms with Gasteiger partial charge in [0.1, 0.15) is 13.2 Å². The number of likely N-dealkylation sites (N-methyl/N-ethyl adjacent to an activating group) is 1. The summed E-state index contributed by atoms with van der Waals surface area (Å²) >= 11 is 0. The van der Waals surface area contributed by atoms with Crippen LogP contribution in [0, 0.1) is 0 Å². The van der Waals surface area contributed by atoms with Crippen LogP contribution in [0.25, 0.3) is 0 Å². The maximum absolute atomic E-state index is 12.9. The number of nitrogens with one attached hydrogen (secondary N) is 1. The largest absolute Gasteiger partial charge is 0.756 e. The smallest absolute Gasteiger partial charge is 0.268 e. The third kappa shape index (κ3) is 52.8. The molecule has 0 aliphatic heterocycles. The molecule has 69 heavy (non-hydrogen) atoms. The number of allylic oxidation sites excluding steroid dienone is 17. The van der Waals surface area contributed by atoms with E-state index in [1.54, 1.807) is 6.08 Å². The Hall–Kier alpha value is -2.84. The van der Waals surface area contributed by atoms with Gasteiger partial charge < -0.3 is 28.8 Å². The second-order valence-electron chi connectivity index (χ2n) is 19.5. The molecule has 1 amide bonds. The minimum Gasteiger partial charge on any atom is -0.756 e. The van der Waals surface area contributed by atoms with Crippen molar-refractivity contribution < 1.29 is 32.9 Å². The molecule has 0 saturated heterocycles. The van der Waals surface area contributed by atoms with E-state index in [1.165, 1.54) is 103 Å². The molecule has 0 heterocycles. The summed E-state index contributed by atoms with van der Waals surface area (Å²) in [7, 11) is 1.22. The van der Waals surface area contributed by atoms with Crippen molar-refractivity contribution in [2.75, 3.05) is 40.9 Å². The molecule has 8 nitrogen and oxygen atoms in total. The number of phosphoric acid groups is 1. The molecule has 0 aromatic rings. The summed E-state index contributed by atoms with van der Waals surface area (Å²) in [6.45, 7) is 4.36. The lowest BCUT2D eigenvalue weighted by atomic mass is 10.0. The molecule has 0 bridgehead atoms. The summed E-state index contributed by atoms with van der Waals surface area (Å²) in [6, 6.07) is -0.912. The number of unbranched alkanes of at least 4 members (excludes halogenated alkanes) is 20. The van der Waals surface area contributed by atoms with E-state index in [9.17, 15) is 19.4 Å². The molecule has 3 unspecified atom stereocenters. The molecule has 0 rings (SSSR count). The van der Waals surface area contributed by atoms with Crippen LogP contribution >= 0.6 is 7.82 Å². The number of aliphatic hydroxyl groups is 1. The van der Waals surface area contributed by atoms with Gasteiger partial charge in [-0.15, -0.1) is 0 Å². The molecule has 3 atom stereocenters. The Bertz CT molecular complexity index is 1490. The summed E-state index contributed by atoms with van der Waals surface area (Å²) < 4.78 is 23.2. The molecule has 2 N–H and O–H groups in total. The first-order chi connectivity index (χ1) is 33.5. The number of aliphatic hydroxyl groups excluding tert-OH is 1. The Morgan fingerprint density at radius 2 is 0.855 bits per heavy atom. The van der Waals surface area contributed by atoms with E-state index in [4.69, 9.17) is 9.05 Å². The summed E-state index contributed by atoms with van der Waals surface area (Å²) in [5, 5.41) is 13.7. The van der Waals surface area contributed by atoms with Gasteiger partial charge in [0.2, 0.25) is 5.91 Å². The summed E-state index contributed by atoms with van der Waals surface area (Å²) in [4.78, 5) is 25.3. The number of hydrogen-bond donors (Lipinski definition) is 2. The lowest BCUT2D eigenvalue weighted by molar-refractivity contribution is -0.870. The molecule has 0 saturated carbocycles. The minimum absolute atomic E-state index is 0.0126. The standard InChI is InChI=1S/C60H105N2O6P/c1-6-8-10-12-14-16-18-19-20-21-22-23-24-25-26-27-28-29-30-31-32-33-34-35-36-37-38-39-40-41-42-43-44-46-48-50-52-54-60(64)61-58(57-68-69(65,66)67-56-55-62(3,4)5)59(63)53-51-49-47-45-17-15-13-11-9-7-2/h8-11,14,16-17,19-20,22-23,25-26,28-29,45,51,53,58-59,63H,6-7,12-13,15,18,21,24,27,30-44,46-50,52,54-57H2,1-5H3,(H-,61,64,65,66)/b10-8-,11-9+,16-14-,20-19-,23-22-,26-25-,29-28-,45-17+,53-51+. The highest BCUT2D eigenvalue weighted by Crippen LogP contribution is 2.38. The number of hydrogen-bond acceptors (Lipinski definition) is 6. The van der Waals surface area contributed by atoms with E-state index in [0.29, 0.717) is 17.4 Å². The van der Waals surface area contributed by atoms with Gasteiger partial charge in [0.25, 0.3) is 7.82 Å². The van der Waals surface area contributed by atoms with Gasteiger partial charge in [-0.25, -0.2) is 0 Å². The second kappa shape index (κ2) is 50.1. The summed E-state index contributed by atoms with van der Waals surface area (Å²) in [6.07, 6.45) is 73.4. The predicted molar refractivity (Wildman–Crippen MR) is 297 cm³/mol.